The minimum atomic E-state index is 0.232. The molecule has 1 aliphatic heterocycles. The van der Waals surface area contributed by atoms with Crippen LogP contribution in [-0.4, -0.2) is 29.9 Å². The van der Waals surface area contributed by atoms with Crippen molar-refractivity contribution in [3.63, 3.8) is 0 Å². The summed E-state index contributed by atoms with van der Waals surface area (Å²) in [6.45, 7) is 4.33. The standard InChI is InChI=1S/C18H26N2O/c1-2-17(14-6-4-3-5-7-14)20-12-10-15(11-13-20)18(21)19-16-8-9-16/h3-7,15-17H,2,8-13H2,1H3,(H,19,21)/t17-/m1/s1. The maximum Gasteiger partial charge on any atom is 0.223 e. The van der Waals surface area contributed by atoms with E-state index >= 15 is 0 Å². The minimum Gasteiger partial charge on any atom is -0.353 e. The molecular formula is C18H26N2O. The van der Waals surface area contributed by atoms with Crippen LogP contribution < -0.4 is 5.32 Å². The van der Waals surface area contributed by atoms with E-state index in [0.717, 1.165) is 32.4 Å². The zero-order valence-corrected chi connectivity index (χ0v) is 12.9. The average Bonchev–Trinajstić information content (AvgIpc) is 3.34. The molecule has 1 N–H and O–H groups in total. The van der Waals surface area contributed by atoms with Crippen molar-refractivity contribution in [2.45, 2.75) is 51.1 Å². The number of nitrogens with zero attached hydrogens (tertiary/aromatic N) is 1. The van der Waals surface area contributed by atoms with Crippen molar-refractivity contribution in [1.29, 1.82) is 0 Å². The van der Waals surface area contributed by atoms with E-state index in [1.54, 1.807) is 0 Å². The van der Waals surface area contributed by atoms with Crippen LogP contribution in [0.1, 0.15) is 50.6 Å². The first-order valence-corrected chi connectivity index (χ1v) is 8.37. The Morgan fingerprint density at radius 3 is 2.43 bits per heavy atom. The molecular weight excluding hydrogens is 260 g/mol. The number of rotatable bonds is 5. The second kappa shape index (κ2) is 6.61. The van der Waals surface area contributed by atoms with E-state index in [4.69, 9.17) is 0 Å². The first-order chi connectivity index (χ1) is 10.3. The fourth-order valence-electron chi connectivity index (χ4n) is 3.40. The summed E-state index contributed by atoms with van der Waals surface area (Å²) in [7, 11) is 0. The number of piperidine rings is 1. The summed E-state index contributed by atoms with van der Waals surface area (Å²) in [4.78, 5) is 14.7. The van der Waals surface area contributed by atoms with E-state index in [-0.39, 0.29) is 5.92 Å². The number of hydrogen-bond donors (Lipinski definition) is 1. The predicted octanol–water partition coefficient (Wildman–Crippen LogP) is 3.13. The third-order valence-electron chi connectivity index (χ3n) is 4.84. The Hall–Kier alpha value is -1.35. The number of nitrogens with one attached hydrogen (secondary N) is 1. The zero-order valence-electron chi connectivity index (χ0n) is 12.9. The lowest BCUT2D eigenvalue weighted by molar-refractivity contribution is -0.126. The molecule has 1 saturated heterocycles. The largest absolute Gasteiger partial charge is 0.353 e. The summed E-state index contributed by atoms with van der Waals surface area (Å²) in [6.07, 6.45) is 5.49. The molecule has 2 fully saturated rings. The molecule has 3 rings (SSSR count). The second-order valence-corrected chi connectivity index (χ2v) is 6.43. The van der Waals surface area contributed by atoms with Crippen LogP contribution in [0.3, 0.4) is 0 Å². The molecule has 2 aliphatic rings. The molecule has 1 aromatic carbocycles. The van der Waals surface area contributed by atoms with Gasteiger partial charge in [0.1, 0.15) is 0 Å². The van der Waals surface area contributed by atoms with Gasteiger partial charge in [0.05, 0.1) is 0 Å². The van der Waals surface area contributed by atoms with E-state index in [1.165, 1.54) is 18.4 Å². The Morgan fingerprint density at radius 1 is 1.19 bits per heavy atom. The van der Waals surface area contributed by atoms with Crippen LogP contribution in [0.5, 0.6) is 0 Å². The van der Waals surface area contributed by atoms with Gasteiger partial charge < -0.3 is 5.32 Å². The zero-order chi connectivity index (χ0) is 14.7. The molecule has 1 aromatic rings. The highest BCUT2D eigenvalue weighted by molar-refractivity contribution is 5.79. The Balaban J connectivity index is 1.55. The maximum absolute atomic E-state index is 12.1. The highest BCUT2D eigenvalue weighted by Gasteiger charge is 2.31. The summed E-state index contributed by atoms with van der Waals surface area (Å²) in [5.74, 6) is 0.528. The van der Waals surface area contributed by atoms with Crippen molar-refractivity contribution >= 4 is 5.91 Å². The SMILES string of the molecule is CC[C@H](c1ccccc1)N1CCC(C(=O)NC2CC2)CC1. The van der Waals surface area contributed by atoms with Gasteiger partial charge in [-0.3, -0.25) is 9.69 Å². The Labute approximate surface area is 127 Å². The molecule has 0 spiro atoms. The van der Waals surface area contributed by atoms with Crippen LogP contribution >= 0.6 is 0 Å². The minimum absolute atomic E-state index is 0.232. The van der Waals surface area contributed by atoms with Gasteiger partial charge in [0.15, 0.2) is 0 Å². The van der Waals surface area contributed by atoms with Gasteiger partial charge in [0.25, 0.3) is 0 Å². The van der Waals surface area contributed by atoms with Gasteiger partial charge in [-0.1, -0.05) is 37.3 Å². The van der Waals surface area contributed by atoms with Gasteiger partial charge in [-0.2, -0.15) is 0 Å². The van der Waals surface area contributed by atoms with Gasteiger partial charge in [-0.05, 0) is 50.8 Å². The number of hydrogen-bond acceptors (Lipinski definition) is 2. The predicted molar refractivity (Wildman–Crippen MR) is 84.9 cm³/mol. The molecule has 1 amide bonds. The normalized spacial score (nSPS) is 22.0. The topological polar surface area (TPSA) is 32.3 Å². The van der Waals surface area contributed by atoms with E-state index < -0.39 is 0 Å². The van der Waals surface area contributed by atoms with Crippen LogP contribution in [0.2, 0.25) is 0 Å². The van der Waals surface area contributed by atoms with Crippen molar-refractivity contribution in [2.24, 2.45) is 5.92 Å². The maximum atomic E-state index is 12.1. The van der Waals surface area contributed by atoms with Gasteiger partial charge in [0, 0.05) is 18.0 Å². The molecule has 21 heavy (non-hydrogen) atoms. The van der Waals surface area contributed by atoms with E-state index in [1.807, 2.05) is 0 Å². The van der Waals surface area contributed by atoms with E-state index in [0.29, 0.717) is 18.0 Å². The summed E-state index contributed by atoms with van der Waals surface area (Å²) in [6, 6.07) is 11.7. The lowest BCUT2D eigenvalue weighted by atomic mass is 9.92. The Kier molecular flexibility index (Phi) is 4.59. The summed E-state index contributed by atoms with van der Waals surface area (Å²) < 4.78 is 0. The first kappa shape index (κ1) is 14.6. The van der Waals surface area contributed by atoms with Crippen molar-refractivity contribution in [3.05, 3.63) is 35.9 Å². The molecule has 1 heterocycles. The smallest absolute Gasteiger partial charge is 0.223 e. The highest BCUT2D eigenvalue weighted by Crippen LogP contribution is 2.29. The Morgan fingerprint density at radius 2 is 1.86 bits per heavy atom. The van der Waals surface area contributed by atoms with Crippen molar-refractivity contribution in [2.75, 3.05) is 13.1 Å². The number of carbonyl (C=O) groups excluding carboxylic acids is 1. The van der Waals surface area contributed by atoms with Gasteiger partial charge in [-0.25, -0.2) is 0 Å². The monoisotopic (exact) mass is 286 g/mol. The van der Waals surface area contributed by atoms with Gasteiger partial charge in [-0.15, -0.1) is 0 Å². The fraction of sp³-hybridized carbons (Fsp3) is 0.611. The summed E-state index contributed by atoms with van der Waals surface area (Å²) in [5, 5.41) is 3.16. The fourth-order valence-corrected chi connectivity index (χ4v) is 3.40. The van der Waals surface area contributed by atoms with E-state index in [9.17, 15) is 4.79 Å². The first-order valence-electron chi connectivity index (χ1n) is 8.37. The summed E-state index contributed by atoms with van der Waals surface area (Å²) in [5.41, 5.74) is 1.40. The summed E-state index contributed by atoms with van der Waals surface area (Å²) >= 11 is 0. The quantitative estimate of drug-likeness (QED) is 0.902. The molecule has 1 saturated carbocycles. The van der Waals surface area contributed by atoms with Crippen molar-refractivity contribution in [1.82, 2.24) is 10.2 Å². The molecule has 1 aliphatic carbocycles. The van der Waals surface area contributed by atoms with E-state index in [2.05, 4.69) is 47.5 Å². The molecule has 1 atom stereocenters. The van der Waals surface area contributed by atoms with Crippen LogP contribution in [0.4, 0.5) is 0 Å². The van der Waals surface area contributed by atoms with Crippen LogP contribution in [0.15, 0.2) is 30.3 Å². The number of likely N-dealkylation sites (tertiary alicyclic amines) is 1. The number of carbonyl (C=O) groups is 1. The Bertz CT molecular complexity index is 461. The molecule has 0 aromatic heterocycles. The molecule has 0 bridgehead atoms. The lowest BCUT2D eigenvalue weighted by Crippen LogP contribution is -2.42. The van der Waals surface area contributed by atoms with Crippen LogP contribution in [-0.2, 0) is 4.79 Å². The third-order valence-corrected chi connectivity index (χ3v) is 4.84. The highest BCUT2D eigenvalue weighted by atomic mass is 16.2. The molecule has 3 heteroatoms. The third kappa shape index (κ3) is 3.65. The second-order valence-electron chi connectivity index (χ2n) is 6.43. The average molecular weight is 286 g/mol. The van der Waals surface area contributed by atoms with Crippen LogP contribution in [0.25, 0.3) is 0 Å². The molecule has 3 nitrogen and oxygen atoms in total. The molecule has 0 unspecified atom stereocenters. The lowest BCUT2D eigenvalue weighted by Gasteiger charge is -2.37. The van der Waals surface area contributed by atoms with Crippen LogP contribution in [0, 0.1) is 5.92 Å². The van der Waals surface area contributed by atoms with Crippen molar-refractivity contribution in [3.8, 4) is 0 Å². The number of amides is 1. The number of benzene rings is 1. The molecule has 0 radical (unpaired) electrons. The van der Waals surface area contributed by atoms with Gasteiger partial charge >= 0.3 is 0 Å². The van der Waals surface area contributed by atoms with Crippen molar-refractivity contribution < 1.29 is 4.79 Å². The molecule has 114 valence electrons. The van der Waals surface area contributed by atoms with Gasteiger partial charge in [0.2, 0.25) is 5.91 Å².